The third kappa shape index (κ3) is 2.55. The number of rotatable bonds is 2. The predicted molar refractivity (Wildman–Crippen MR) is 58.5 cm³/mol. The Labute approximate surface area is 89.7 Å². The summed E-state index contributed by atoms with van der Waals surface area (Å²) in [5, 5.41) is 0. The van der Waals surface area contributed by atoms with Gasteiger partial charge in [-0.3, -0.25) is 4.79 Å². The van der Waals surface area contributed by atoms with Gasteiger partial charge in [0.05, 0.1) is 5.56 Å². The monoisotopic (exact) mass is 209 g/mol. The Bertz CT molecular complexity index is 372. The SMILES string of the molecule is CC(C)c1ccc(F)c(C(=O)N(C)C)c1. The molecule has 0 heterocycles. The van der Waals surface area contributed by atoms with Crippen molar-refractivity contribution in [2.75, 3.05) is 14.1 Å². The molecule has 2 nitrogen and oxygen atoms in total. The second-order valence-electron chi connectivity index (χ2n) is 4.09. The van der Waals surface area contributed by atoms with E-state index in [1.807, 2.05) is 13.8 Å². The molecule has 0 fully saturated rings. The minimum Gasteiger partial charge on any atom is -0.345 e. The van der Waals surface area contributed by atoms with Crippen molar-refractivity contribution in [1.82, 2.24) is 4.90 Å². The lowest BCUT2D eigenvalue weighted by Gasteiger charge is -2.13. The van der Waals surface area contributed by atoms with Gasteiger partial charge in [0.25, 0.3) is 5.91 Å². The molecule has 0 aromatic heterocycles. The predicted octanol–water partition coefficient (Wildman–Crippen LogP) is 2.65. The molecule has 0 radical (unpaired) electrons. The Morgan fingerprint density at radius 1 is 1.33 bits per heavy atom. The summed E-state index contributed by atoms with van der Waals surface area (Å²) < 4.78 is 13.4. The molecular weight excluding hydrogens is 193 g/mol. The molecule has 0 bridgehead atoms. The molecule has 1 amide bonds. The van der Waals surface area contributed by atoms with E-state index in [0.717, 1.165) is 5.56 Å². The molecule has 0 aliphatic heterocycles. The summed E-state index contributed by atoms with van der Waals surface area (Å²) in [6, 6.07) is 4.70. The molecule has 1 rings (SSSR count). The molecule has 15 heavy (non-hydrogen) atoms. The van der Waals surface area contributed by atoms with Crippen LogP contribution in [-0.4, -0.2) is 24.9 Å². The zero-order valence-electron chi connectivity index (χ0n) is 9.54. The van der Waals surface area contributed by atoms with Crippen molar-refractivity contribution in [2.45, 2.75) is 19.8 Å². The van der Waals surface area contributed by atoms with E-state index in [1.165, 1.54) is 11.0 Å². The highest BCUT2D eigenvalue weighted by molar-refractivity contribution is 5.94. The fraction of sp³-hybridized carbons (Fsp3) is 0.417. The van der Waals surface area contributed by atoms with E-state index in [4.69, 9.17) is 0 Å². The normalized spacial score (nSPS) is 10.5. The molecule has 82 valence electrons. The lowest BCUT2D eigenvalue weighted by molar-refractivity contribution is 0.0823. The third-order valence-corrected chi connectivity index (χ3v) is 2.29. The molecule has 0 atom stereocenters. The molecule has 0 aliphatic carbocycles. The largest absolute Gasteiger partial charge is 0.345 e. The number of hydrogen-bond acceptors (Lipinski definition) is 1. The van der Waals surface area contributed by atoms with Gasteiger partial charge in [-0.15, -0.1) is 0 Å². The fourth-order valence-corrected chi connectivity index (χ4v) is 1.31. The van der Waals surface area contributed by atoms with E-state index in [1.54, 1.807) is 26.2 Å². The van der Waals surface area contributed by atoms with Crippen molar-refractivity contribution in [3.8, 4) is 0 Å². The number of amides is 1. The summed E-state index contributed by atoms with van der Waals surface area (Å²) in [4.78, 5) is 13.0. The topological polar surface area (TPSA) is 20.3 Å². The van der Waals surface area contributed by atoms with Crippen LogP contribution in [0.1, 0.15) is 35.7 Å². The van der Waals surface area contributed by atoms with E-state index in [2.05, 4.69) is 0 Å². The second-order valence-corrected chi connectivity index (χ2v) is 4.09. The molecule has 0 N–H and O–H groups in total. The van der Waals surface area contributed by atoms with Gasteiger partial charge in [0.2, 0.25) is 0 Å². The van der Waals surface area contributed by atoms with E-state index in [9.17, 15) is 9.18 Å². The zero-order chi connectivity index (χ0) is 11.6. The molecule has 0 saturated carbocycles. The maximum atomic E-state index is 13.4. The summed E-state index contributed by atoms with van der Waals surface area (Å²) in [5.74, 6) is -0.465. The number of benzene rings is 1. The van der Waals surface area contributed by atoms with Crippen LogP contribution in [0.4, 0.5) is 4.39 Å². The van der Waals surface area contributed by atoms with Crippen LogP contribution in [0.3, 0.4) is 0 Å². The van der Waals surface area contributed by atoms with Gasteiger partial charge >= 0.3 is 0 Å². The van der Waals surface area contributed by atoms with E-state index in [-0.39, 0.29) is 11.5 Å². The van der Waals surface area contributed by atoms with Gasteiger partial charge in [0, 0.05) is 14.1 Å². The highest BCUT2D eigenvalue weighted by Gasteiger charge is 2.14. The van der Waals surface area contributed by atoms with Gasteiger partial charge in [0.1, 0.15) is 5.82 Å². The summed E-state index contributed by atoms with van der Waals surface area (Å²) >= 11 is 0. The molecule has 3 heteroatoms. The fourth-order valence-electron chi connectivity index (χ4n) is 1.31. The Balaban J connectivity index is 3.16. The van der Waals surface area contributed by atoms with Gasteiger partial charge in [-0.05, 0) is 23.6 Å². The maximum absolute atomic E-state index is 13.4. The average Bonchev–Trinajstić information content (AvgIpc) is 2.16. The maximum Gasteiger partial charge on any atom is 0.256 e. The molecule has 0 saturated heterocycles. The van der Waals surface area contributed by atoms with Gasteiger partial charge in [0.15, 0.2) is 0 Å². The average molecular weight is 209 g/mol. The first-order valence-electron chi connectivity index (χ1n) is 4.94. The van der Waals surface area contributed by atoms with Crippen molar-refractivity contribution in [3.63, 3.8) is 0 Å². The van der Waals surface area contributed by atoms with Crippen molar-refractivity contribution in [1.29, 1.82) is 0 Å². The first kappa shape index (κ1) is 11.7. The van der Waals surface area contributed by atoms with Crippen molar-refractivity contribution in [2.24, 2.45) is 0 Å². The highest BCUT2D eigenvalue weighted by atomic mass is 19.1. The molecule has 0 spiro atoms. The van der Waals surface area contributed by atoms with Crippen LogP contribution in [0.25, 0.3) is 0 Å². The van der Waals surface area contributed by atoms with Crippen LogP contribution < -0.4 is 0 Å². The number of hydrogen-bond donors (Lipinski definition) is 0. The van der Waals surface area contributed by atoms with Gasteiger partial charge in [-0.1, -0.05) is 19.9 Å². The summed E-state index contributed by atoms with van der Waals surface area (Å²) in [6.45, 7) is 4.02. The Hall–Kier alpha value is -1.38. The minimum atomic E-state index is -0.460. The van der Waals surface area contributed by atoms with E-state index in [0.29, 0.717) is 5.92 Å². The van der Waals surface area contributed by atoms with Crippen LogP contribution in [0, 0.1) is 5.82 Å². The second kappa shape index (κ2) is 4.43. The summed E-state index contributed by atoms with van der Waals surface area (Å²) in [5.41, 5.74) is 1.12. The van der Waals surface area contributed by atoms with Gasteiger partial charge in [-0.25, -0.2) is 4.39 Å². The van der Waals surface area contributed by atoms with Crippen LogP contribution in [-0.2, 0) is 0 Å². The number of nitrogens with zero attached hydrogens (tertiary/aromatic N) is 1. The summed E-state index contributed by atoms with van der Waals surface area (Å²) in [6.07, 6.45) is 0. The zero-order valence-corrected chi connectivity index (χ0v) is 9.54. The minimum absolute atomic E-state index is 0.145. The van der Waals surface area contributed by atoms with Crippen molar-refractivity contribution in [3.05, 3.63) is 35.1 Å². The van der Waals surface area contributed by atoms with Crippen LogP contribution in [0.2, 0.25) is 0 Å². The van der Waals surface area contributed by atoms with Gasteiger partial charge in [-0.2, -0.15) is 0 Å². The lowest BCUT2D eigenvalue weighted by Crippen LogP contribution is -2.23. The number of carbonyl (C=O) groups is 1. The Kier molecular flexibility index (Phi) is 3.45. The molecule has 1 aromatic rings. The standard InChI is InChI=1S/C12H16FNO/c1-8(2)9-5-6-11(13)10(7-9)12(15)14(3)4/h5-8H,1-4H3. The first-order chi connectivity index (χ1) is 6.93. The quantitative estimate of drug-likeness (QED) is 0.733. The smallest absolute Gasteiger partial charge is 0.256 e. The number of carbonyl (C=O) groups excluding carboxylic acids is 1. The molecule has 1 aromatic carbocycles. The van der Waals surface area contributed by atoms with E-state index >= 15 is 0 Å². The molecule has 0 unspecified atom stereocenters. The van der Waals surface area contributed by atoms with Crippen LogP contribution >= 0.6 is 0 Å². The van der Waals surface area contributed by atoms with Crippen molar-refractivity contribution < 1.29 is 9.18 Å². The first-order valence-corrected chi connectivity index (χ1v) is 4.94. The lowest BCUT2D eigenvalue weighted by atomic mass is 10.00. The Morgan fingerprint density at radius 3 is 2.40 bits per heavy atom. The molecule has 0 aliphatic rings. The number of halogens is 1. The van der Waals surface area contributed by atoms with Crippen molar-refractivity contribution >= 4 is 5.91 Å². The van der Waals surface area contributed by atoms with Gasteiger partial charge < -0.3 is 4.90 Å². The molecular formula is C12H16FNO. The summed E-state index contributed by atoms with van der Waals surface area (Å²) in [7, 11) is 3.23. The van der Waals surface area contributed by atoms with Crippen LogP contribution in [0.15, 0.2) is 18.2 Å². The highest BCUT2D eigenvalue weighted by Crippen LogP contribution is 2.18. The van der Waals surface area contributed by atoms with E-state index < -0.39 is 5.82 Å². The van der Waals surface area contributed by atoms with Crippen LogP contribution in [0.5, 0.6) is 0 Å². The Morgan fingerprint density at radius 2 is 1.93 bits per heavy atom. The third-order valence-electron chi connectivity index (χ3n) is 2.29.